The Morgan fingerprint density at radius 2 is 2.05 bits per heavy atom. The van der Waals surface area contributed by atoms with Gasteiger partial charge < -0.3 is 15.4 Å². The van der Waals surface area contributed by atoms with Gasteiger partial charge in [0.15, 0.2) is 5.11 Å². The monoisotopic (exact) mass is 315 g/mol. The average Bonchev–Trinajstić information content (AvgIpc) is 2.46. The lowest BCUT2D eigenvalue weighted by Gasteiger charge is -2.18. The highest BCUT2D eigenvalue weighted by atomic mass is 32.1. The van der Waals surface area contributed by atoms with Gasteiger partial charge in [0.25, 0.3) is 0 Å². The molecule has 0 saturated carbocycles. The summed E-state index contributed by atoms with van der Waals surface area (Å²) in [5, 5.41) is 6.81. The van der Waals surface area contributed by atoms with Crippen LogP contribution in [0, 0.1) is 13.8 Å². The number of para-hydroxylation sites is 1. The fourth-order valence-electron chi connectivity index (χ4n) is 1.96. The van der Waals surface area contributed by atoms with Crippen molar-refractivity contribution in [2.45, 2.75) is 26.8 Å². The van der Waals surface area contributed by atoms with Gasteiger partial charge in [0.05, 0.1) is 6.04 Å². The number of benzene rings is 1. The molecular formula is C17H21N3OS. The second-order valence-corrected chi connectivity index (χ2v) is 5.70. The predicted molar refractivity (Wildman–Crippen MR) is 94.5 cm³/mol. The zero-order valence-electron chi connectivity index (χ0n) is 13.1. The van der Waals surface area contributed by atoms with Crippen molar-refractivity contribution in [1.29, 1.82) is 0 Å². The summed E-state index contributed by atoms with van der Waals surface area (Å²) in [6, 6.07) is 11.9. The molecule has 0 aliphatic rings. The first-order valence-corrected chi connectivity index (χ1v) is 7.64. The first kappa shape index (κ1) is 16.2. The van der Waals surface area contributed by atoms with E-state index in [9.17, 15) is 0 Å². The van der Waals surface area contributed by atoms with Crippen molar-refractivity contribution >= 4 is 23.1 Å². The van der Waals surface area contributed by atoms with E-state index in [4.69, 9.17) is 17.0 Å². The molecule has 0 aliphatic carbocycles. The number of anilines is 1. The molecule has 1 unspecified atom stereocenters. The van der Waals surface area contributed by atoms with Gasteiger partial charge in [-0.2, -0.15) is 0 Å². The quantitative estimate of drug-likeness (QED) is 0.828. The highest BCUT2D eigenvalue weighted by molar-refractivity contribution is 7.80. The molecule has 0 spiro atoms. The summed E-state index contributed by atoms with van der Waals surface area (Å²) >= 11 is 5.29. The number of aromatic nitrogens is 1. The van der Waals surface area contributed by atoms with Crippen LogP contribution in [0.1, 0.15) is 18.1 Å². The first-order chi connectivity index (χ1) is 10.5. The lowest BCUT2D eigenvalue weighted by atomic mass is 10.2. The number of hydrogen-bond acceptors (Lipinski definition) is 3. The molecule has 0 fully saturated rings. The van der Waals surface area contributed by atoms with Gasteiger partial charge in [-0.05, 0) is 62.3 Å². The van der Waals surface area contributed by atoms with Crippen molar-refractivity contribution in [1.82, 2.24) is 10.3 Å². The minimum absolute atomic E-state index is 0.0874. The lowest BCUT2D eigenvalue weighted by Crippen LogP contribution is -2.39. The molecule has 1 atom stereocenters. The van der Waals surface area contributed by atoms with Gasteiger partial charge in [0.1, 0.15) is 18.2 Å². The second kappa shape index (κ2) is 7.75. The molecule has 1 aromatic carbocycles. The molecule has 22 heavy (non-hydrogen) atoms. The molecule has 1 heterocycles. The van der Waals surface area contributed by atoms with Crippen LogP contribution in [0.3, 0.4) is 0 Å². The Bertz CT molecular complexity index is 645. The smallest absolute Gasteiger partial charge is 0.172 e. The van der Waals surface area contributed by atoms with E-state index >= 15 is 0 Å². The van der Waals surface area contributed by atoms with Crippen molar-refractivity contribution in [2.75, 3.05) is 11.9 Å². The standard InChI is InChI=1S/C17H21N3OS/c1-12-8-9-18-16(10-12)20-17(22)19-14(3)11-21-15-7-5-4-6-13(15)2/h4-10,14H,11H2,1-3H3,(H2,18,19,20,22). The van der Waals surface area contributed by atoms with Gasteiger partial charge in [0, 0.05) is 6.20 Å². The maximum atomic E-state index is 5.80. The molecule has 2 N–H and O–H groups in total. The fraction of sp³-hybridized carbons (Fsp3) is 0.294. The molecule has 0 saturated heterocycles. The van der Waals surface area contributed by atoms with Gasteiger partial charge in [-0.3, -0.25) is 0 Å². The van der Waals surface area contributed by atoms with E-state index in [1.807, 2.05) is 57.2 Å². The second-order valence-electron chi connectivity index (χ2n) is 5.29. The summed E-state index contributed by atoms with van der Waals surface area (Å²) in [4.78, 5) is 4.22. The Morgan fingerprint density at radius 1 is 1.27 bits per heavy atom. The molecular weight excluding hydrogens is 294 g/mol. The van der Waals surface area contributed by atoms with Crippen LogP contribution in [0.5, 0.6) is 5.75 Å². The van der Waals surface area contributed by atoms with Gasteiger partial charge in [-0.15, -0.1) is 0 Å². The number of thiocarbonyl (C=S) groups is 1. The molecule has 2 aromatic rings. The number of rotatable bonds is 5. The average molecular weight is 315 g/mol. The van der Waals surface area contributed by atoms with Gasteiger partial charge >= 0.3 is 0 Å². The summed E-state index contributed by atoms with van der Waals surface area (Å²) in [5.74, 6) is 1.64. The lowest BCUT2D eigenvalue weighted by molar-refractivity contribution is 0.285. The number of ether oxygens (including phenoxy) is 1. The topological polar surface area (TPSA) is 46.2 Å². The number of pyridine rings is 1. The molecule has 5 heteroatoms. The Morgan fingerprint density at radius 3 is 2.77 bits per heavy atom. The van der Waals surface area contributed by atoms with Crippen molar-refractivity contribution in [3.05, 3.63) is 53.7 Å². The Labute approximate surface area is 136 Å². The minimum atomic E-state index is 0.0874. The van der Waals surface area contributed by atoms with Crippen LogP contribution >= 0.6 is 12.2 Å². The number of nitrogens with zero attached hydrogens (tertiary/aromatic N) is 1. The number of hydrogen-bond donors (Lipinski definition) is 2. The summed E-state index contributed by atoms with van der Waals surface area (Å²) in [6.45, 7) is 6.61. The van der Waals surface area contributed by atoms with Crippen LogP contribution in [0.2, 0.25) is 0 Å². The molecule has 116 valence electrons. The summed E-state index contributed by atoms with van der Waals surface area (Å²) in [6.07, 6.45) is 1.75. The van der Waals surface area contributed by atoms with Gasteiger partial charge in [-0.1, -0.05) is 18.2 Å². The maximum Gasteiger partial charge on any atom is 0.172 e. The SMILES string of the molecule is Cc1ccnc(NC(=S)NC(C)COc2ccccc2C)c1. The first-order valence-electron chi connectivity index (χ1n) is 7.23. The minimum Gasteiger partial charge on any atom is -0.491 e. The van der Waals surface area contributed by atoms with E-state index in [1.165, 1.54) is 0 Å². The van der Waals surface area contributed by atoms with Crippen LogP contribution < -0.4 is 15.4 Å². The van der Waals surface area contributed by atoms with Crippen molar-refractivity contribution in [2.24, 2.45) is 0 Å². The predicted octanol–water partition coefficient (Wildman–Crippen LogP) is 3.45. The van der Waals surface area contributed by atoms with Gasteiger partial charge in [0.2, 0.25) is 0 Å². The van der Waals surface area contributed by atoms with E-state index in [-0.39, 0.29) is 6.04 Å². The van der Waals surface area contributed by atoms with Crippen LogP contribution in [-0.2, 0) is 0 Å². The van der Waals surface area contributed by atoms with Crippen molar-refractivity contribution < 1.29 is 4.74 Å². The Balaban J connectivity index is 1.80. The zero-order valence-corrected chi connectivity index (χ0v) is 13.9. The molecule has 4 nitrogen and oxygen atoms in total. The van der Waals surface area contributed by atoms with E-state index in [2.05, 4.69) is 15.6 Å². The summed E-state index contributed by atoms with van der Waals surface area (Å²) in [7, 11) is 0. The molecule has 1 aromatic heterocycles. The summed E-state index contributed by atoms with van der Waals surface area (Å²) < 4.78 is 5.80. The van der Waals surface area contributed by atoms with Gasteiger partial charge in [-0.25, -0.2) is 4.98 Å². The highest BCUT2D eigenvalue weighted by Crippen LogP contribution is 2.16. The van der Waals surface area contributed by atoms with Crippen molar-refractivity contribution in [3.63, 3.8) is 0 Å². The molecule has 0 bridgehead atoms. The highest BCUT2D eigenvalue weighted by Gasteiger charge is 2.07. The van der Waals surface area contributed by atoms with Crippen molar-refractivity contribution in [3.8, 4) is 5.75 Å². The Kier molecular flexibility index (Phi) is 5.72. The third kappa shape index (κ3) is 5.00. The van der Waals surface area contributed by atoms with Crippen LogP contribution in [-0.4, -0.2) is 22.7 Å². The number of aryl methyl sites for hydroxylation is 2. The number of nitrogens with one attached hydrogen (secondary N) is 2. The third-order valence-corrected chi connectivity index (χ3v) is 3.34. The maximum absolute atomic E-state index is 5.80. The third-order valence-electron chi connectivity index (χ3n) is 3.12. The normalized spacial score (nSPS) is 11.6. The van der Waals surface area contributed by atoms with E-state index in [0.29, 0.717) is 11.7 Å². The van der Waals surface area contributed by atoms with E-state index in [0.717, 1.165) is 22.7 Å². The summed E-state index contributed by atoms with van der Waals surface area (Å²) in [5.41, 5.74) is 2.26. The van der Waals surface area contributed by atoms with Crippen LogP contribution in [0.4, 0.5) is 5.82 Å². The zero-order chi connectivity index (χ0) is 15.9. The van der Waals surface area contributed by atoms with Crippen LogP contribution in [0.15, 0.2) is 42.6 Å². The molecule has 0 radical (unpaired) electrons. The molecule has 2 rings (SSSR count). The van der Waals surface area contributed by atoms with E-state index < -0.39 is 0 Å². The molecule has 0 amide bonds. The van der Waals surface area contributed by atoms with E-state index in [1.54, 1.807) is 6.20 Å². The van der Waals surface area contributed by atoms with Crippen LogP contribution in [0.25, 0.3) is 0 Å². The largest absolute Gasteiger partial charge is 0.491 e. The fourth-order valence-corrected chi connectivity index (χ4v) is 2.26. The molecule has 0 aliphatic heterocycles. The Hall–Kier alpha value is -2.14.